The van der Waals surface area contributed by atoms with Crippen LogP contribution in [0.1, 0.15) is 25.7 Å². The molecule has 5 heteroatoms. The zero-order valence-corrected chi connectivity index (χ0v) is 13.3. The third-order valence-corrected chi connectivity index (χ3v) is 4.91. The van der Waals surface area contributed by atoms with Gasteiger partial charge in [0, 0.05) is 26.2 Å². The third-order valence-electron chi connectivity index (χ3n) is 4.91. The lowest BCUT2D eigenvalue weighted by Gasteiger charge is -2.39. The third kappa shape index (κ3) is 2.77. The van der Waals surface area contributed by atoms with Gasteiger partial charge >= 0.3 is 0 Å². The minimum atomic E-state index is -0.605. The van der Waals surface area contributed by atoms with E-state index < -0.39 is 5.54 Å². The Morgan fingerprint density at radius 2 is 1.77 bits per heavy atom. The Morgan fingerprint density at radius 1 is 1.14 bits per heavy atom. The van der Waals surface area contributed by atoms with E-state index in [1.54, 1.807) is 7.11 Å². The maximum Gasteiger partial charge on any atom is 0.242 e. The van der Waals surface area contributed by atoms with Crippen LogP contribution >= 0.6 is 0 Å². The highest BCUT2D eigenvalue weighted by atomic mass is 16.5. The summed E-state index contributed by atoms with van der Waals surface area (Å²) >= 11 is 0. The molecule has 5 nitrogen and oxygen atoms in total. The highest BCUT2D eigenvalue weighted by Crippen LogP contribution is 2.31. The molecule has 1 heterocycles. The fourth-order valence-electron chi connectivity index (χ4n) is 3.58. The van der Waals surface area contributed by atoms with Crippen LogP contribution in [0.2, 0.25) is 0 Å². The van der Waals surface area contributed by atoms with E-state index in [4.69, 9.17) is 10.5 Å². The van der Waals surface area contributed by atoms with Gasteiger partial charge in [-0.25, -0.2) is 0 Å². The number of hydrogen-bond acceptors (Lipinski definition) is 4. The molecule has 0 radical (unpaired) electrons. The summed E-state index contributed by atoms with van der Waals surface area (Å²) in [4.78, 5) is 16.9. The second kappa shape index (κ2) is 6.16. The lowest BCUT2D eigenvalue weighted by Crippen LogP contribution is -2.58. The smallest absolute Gasteiger partial charge is 0.242 e. The maximum absolute atomic E-state index is 12.6. The first-order valence-electron chi connectivity index (χ1n) is 8.10. The minimum absolute atomic E-state index is 0.143. The lowest BCUT2D eigenvalue weighted by molar-refractivity contribution is -0.137. The van der Waals surface area contributed by atoms with E-state index in [9.17, 15) is 4.79 Å². The van der Waals surface area contributed by atoms with Crippen molar-refractivity contribution in [3.63, 3.8) is 0 Å². The van der Waals surface area contributed by atoms with Crippen LogP contribution in [-0.2, 0) is 4.79 Å². The number of ether oxygens (including phenoxy) is 1. The van der Waals surface area contributed by atoms with Crippen molar-refractivity contribution in [1.82, 2.24) is 4.90 Å². The van der Waals surface area contributed by atoms with Gasteiger partial charge in [-0.05, 0) is 25.0 Å². The van der Waals surface area contributed by atoms with Gasteiger partial charge in [-0.2, -0.15) is 0 Å². The monoisotopic (exact) mass is 303 g/mol. The largest absolute Gasteiger partial charge is 0.495 e. The highest BCUT2D eigenvalue weighted by Gasteiger charge is 2.40. The summed E-state index contributed by atoms with van der Waals surface area (Å²) < 4.78 is 5.43. The Morgan fingerprint density at radius 3 is 2.41 bits per heavy atom. The standard InChI is InChI=1S/C17H25N3O2/c1-22-15-7-3-2-6-14(15)19-10-12-20(13-11-19)16(21)17(18)8-4-5-9-17/h2-3,6-7H,4-5,8-13,18H2,1H3. The molecule has 1 saturated carbocycles. The van der Waals surface area contributed by atoms with Gasteiger partial charge < -0.3 is 20.3 Å². The molecule has 0 spiro atoms. The topological polar surface area (TPSA) is 58.8 Å². The van der Waals surface area contributed by atoms with Crippen molar-refractivity contribution in [2.45, 2.75) is 31.2 Å². The van der Waals surface area contributed by atoms with Gasteiger partial charge in [0.25, 0.3) is 0 Å². The fourth-order valence-corrected chi connectivity index (χ4v) is 3.58. The van der Waals surface area contributed by atoms with E-state index in [0.717, 1.165) is 63.3 Å². The molecule has 120 valence electrons. The molecular formula is C17H25N3O2. The van der Waals surface area contributed by atoms with E-state index in [2.05, 4.69) is 11.0 Å². The molecule has 0 unspecified atom stereocenters. The van der Waals surface area contributed by atoms with Crippen LogP contribution in [0.15, 0.2) is 24.3 Å². The summed E-state index contributed by atoms with van der Waals surface area (Å²) in [6, 6.07) is 8.03. The predicted octanol–water partition coefficient (Wildman–Crippen LogP) is 1.62. The molecule has 1 aromatic rings. The first-order chi connectivity index (χ1) is 10.6. The van der Waals surface area contributed by atoms with E-state index in [-0.39, 0.29) is 5.91 Å². The van der Waals surface area contributed by atoms with Crippen molar-refractivity contribution >= 4 is 11.6 Å². The Bertz CT molecular complexity index is 532. The summed E-state index contributed by atoms with van der Waals surface area (Å²) in [6.45, 7) is 3.11. The first kappa shape index (κ1) is 15.2. The maximum atomic E-state index is 12.6. The summed E-state index contributed by atoms with van der Waals surface area (Å²) in [7, 11) is 1.69. The molecule has 2 fully saturated rings. The Hall–Kier alpha value is -1.75. The second-order valence-electron chi connectivity index (χ2n) is 6.31. The van der Waals surface area contributed by atoms with E-state index in [1.807, 2.05) is 23.1 Å². The molecule has 2 N–H and O–H groups in total. The fraction of sp³-hybridized carbons (Fsp3) is 0.588. The number of hydrogen-bond donors (Lipinski definition) is 1. The van der Waals surface area contributed by atoms with Crippen molar-refractivity contribution in [3.05, 3.63) is 24.3 Å². The number of nitrogens with zero attached hydrogens (tertiary/aromatic N) is 2. The molecule has 1 aliphatic carbocycles. The number of amides is 1. The Balaban J connectivity index is 1.64. The van der Waals surface area contributed by atoms with Crippen molar-refractivity contribution in [1.29, 1.82) is 0 Å². The molecule has 3 rings (SSSR count). The zero-order valence-electron chi connectivity index (χ0n) is 13.3. The molecule has 1 aliphatic heterocycles. The number of benzene rings is 1. The first-order valence-corrected chi connectivity index (χ1v) is 8.10. The number of carbonyl (C=O) groups excluding carboxylic acids is 1. The summed E-state index contributed by atoms with van der Waals surface area (Å²) in [5, 5.41) is 0. The van der Waals surface area contributed by atoms with Crippen molar-refractivity contribution in [2.24, 2.45) is 5.73 Å². The van der Waals surface area contributed by atoms with Gasteiger partial charge in [0.2, 0.25) is 5.91 Å². The number of methoxy groups -OCH3 is 1. The predicted molar refractivity (Wildman–Crippen MR) is 87.2 cm³/mol. The van der Waals surface area contributed by atoms with Crippen LogP contribution in [0, 0.1) is 0 Å². The molecule has 1 aromatic carbocycles. The highest BCUT2D eigenvalue weighted by molar-refractivity contribution is 5.86. The van der Waals surface area contributed by atoms with Crippen molar-refractivity contribution < 1.29 is 9.53 Å². The molecule has 0 aromatic heterocycles. The van der Waals surface area contributed by atoms with Crippen LogP contribution in [0.25, 0.3) is 0 Å². The number of para-hydroxylation sites is 2. The van der Waals surface area contributed by atoms with Crippen molar-refractivity contribution in [2.75, 3.05) is 38.2 Å². The average molecular weight is 303 g/mol. The van der Waals surface area contributed by atoms with Gasteiger partial charge in [0.05, 0.1) is 18.3 Å². The second-order valence-corrected chi connectivity index (χ2v) is 6.31. The van der Waals surface area contributed by atoms with Gasteiger partial charge in [0.15, 0.2) is 0 Å². The minimum Gasteiger partial charge on any atom is -0.495 e. The molecule has 1 saturated heterocycles. The summed E-state index contributed by atoms with van der Waals surface area (Å²) in [5.41, 5.74) is 6.79. The van der Waals surface area contributed by atoms with Crippen LogP contribution in [0.4, 0.5) is 5.69 Å². The quantitative estimate of drug-likeness (QED) is 0.922. The van der Waals surface area contributed by atoms with Crippen LogP contribution in [0.5, 0.6) is 5.75 Å². The molecule has 0 atom stereocenters. The van der Waals surface area contributed by atoms with E-state index >= 15 is 0 Å². The Kier molecular flexibility index (Phi) is 4.25. The summed E-state index contributed by atoms with van der Waals surface area (Å²) in [5.74, 6) is 1.03. The number of piperazine rings is 1. The van der Waals surface area contributed by atoms with Crippen LogP contribution < -0.4 is 15.4 Å². The van der Waals surface area contributed by atoms with Crippen LogP contribution in [-0.4, -0.2) is 49.6 Å². The lowest BCUT2D eigenvalue weighted by atomic mass is 9.97. The Labute approximate surface area is 132 Å². The number of rotatable bonds is 3. The molecule has 22 heavy (non-hydrogen) atoms. The molecule has 0 bridgehead atoms. The van der Waals surface area contributed by atoms with E-state index in [0.29, 0.717) is 0 Å². The van der Waals surface area contributed by atoms with Gasteiger partial charge in [-0.1, -0.05) is 25.0 Å². The SMILES string of the molecule is COc1ccccc1N1CCN(C(=O)C2(N)CCCC2)CC1. The molecule has 2 aliphatic rings. The summed E-state index contributed by atoms with van der Waals surface area (Å²) in [6.07, 6.45) is 3.81. The van der Waals surface area contributed by atoms with Gasteiger partial charge in [-0.15, -0.1) is 0 Å². The number of carbonyl (C=O) groups is 1. The molecule has 1 amide bonds. The zero-order chi connectivity index (χ0) is 15.6. The normalized spacial score (nSPS) is 21.0. The number of nitrogens with two attached hydrogens (primary N) is 1. The van der Waals surface area contributed by atoms with E-state index in [1.165, 1.54) is 0 Å². The molecular weight excluding hydrogens is 278 g/mol. The number of anilines is 1. The van der Waals surface area contributed by atoms with Crippen molar-refractivity contribution in [3.8, 4) is 5.75 Å². The van der Waals surface area contributed by atoms with Crippen LogP contribution in [0.3, 0.4) is 0 Å². The average Bonchev–Trinajstić information content (AvgIpc) is 3.02. The van der Waals surface area contributed by atoms with Gasteiger partial charge in [-0.3, -0.25) is 4.79 Å². The van der Waals surface area contributed by atoms with Gasteiger partial charge in [0.1, 0.15) is 5.75 Å².